The zero-order chi connectivity index (χ0) is 20.6. The van der Waals surface area contributed by atoms with Crippen LogP contribution >= 0.6 is 0 Å². The van der Waals surface area contributed by atoms with E-state index in [4.69, 9.17) is 4.52 Å². The molecule has 1 atom stereocenters. The Hall–Kier alpha value is -3.48. The van der Waals surface area contributed by atoms with E-state index in [-0.39, 0.29) is 18.3 Å². The summed E-state index contributed by atoms with van der Waals surface area (Å²) in [7, 11) is 0. The molecule has 2 heterocycles. The van der Waals surface area contributed by atoms with E-state index in [0.29, 0.717) is 12.2 Å². The van der Waals surface area contributed by atoms with Crippen LogP contribution in [0.25, 0.3) is 11.4 Å². The van der Waals surface area contributed by atoms with E-state index < -0.39 is 11.6 Å². The van der Waals surface area contributed by atoms with E-state index in [0.717, 1.165) is 27.2 Å². The third-order valence-electron chi connectivity index (χ3n) is 5.40. The number of amides is 3. The number of hydrogen-bond acceptors (Lipinski definition) is 5. The van der Waals surface area contributed by atoms with Crippen molar-refractivity contribution in [3.63, 3.8) is 0 Å². The van der Waals surface area contributed by atoms with Gasteiger partial charge < -0.3 is 9.84 Å². The van der Waals surface area contributed by atoms with Gasteiger partial charge in [-0.25, -0.2) is 4.79 Å². The quantitative estimate of drug-likeness (QED) is 0.671. The van der Waals surface area contributed by atoms with Gasteiger partial charge in [-0.1, -0.05) is 66.2 Å². The first-order chi connectivity index (χ1) is 13.9. The Morgan fingerprint density at radius 3 is 2.48 bits per heavy atom. The van der Waals surface area contributed by atoms with Crippen molar-refractivity contribution in [3.8, 4) is 11.4 Å². The Balaban J connectivity index is 1.60. The molecule has 7 nitrogen and oxygen atoms in total. The summed E-state index contributed by atoms with van der Waals surface area (Å²) >= 11 is 0. The number of benzene rings is 2. The van der Waals surface area contributed by atoms with Crippen LogP contribution in [-0.4, -0.2) is 27.0 Å². The molecule has 3 aromatic rings. The van der Waals surface area contributed by atoms with E-state index in [9.17, 15) is 9.59 Å². The molecule has 2 aromatic carbocycles. The highest BCUT2D eigenvalue weighted by atomic mass is 16.5. The van der Waals surface area contributed by atoms with Crippen LogP contribution in [0.15, 0.2) is 53.1 Å². The first kappa shape index (κ1) is 18.9. The summed E-state index contributed by atoms with van der Waals surface area (Å²) in [5.41, 5.74) is 2.63. The van der Waals surface area contributed by atoms with Crippen molar-refractivity contribution in [3.05, 3.63) is 71.1 Å². The molecule has 1 N–H and O–H groups in total. The highest BCUT2D eigenvalue weighted by Gasteiger charge is 2.51. The Bertz CT molecular complexity index is 1070. The van der Waals surface area contributed by atoms with Gasteiger partial charge in [-0.3, -0.25) is 9.69 Å². The predicted molar refractivity (Wildman–Crippen MR) is 107 cm³/mol. The molecule has 3 amide bonds. The molecule has 4 rings (SSSR count). The normalized spacial score (nSPS) is 18.9. The number of hydrogen-bond donors (Lipinski definition) is 1. The molecular formula is C22H22N4O3. The van der Waals surface area contributed by atoms with E-state index in [1.54, 1.807) is 0 Å². The number of nitrogens with zero attached hydrogens (tertiary/aromatic N) is 3. The number of carbonyl (C=O) groups is 2. The van der Waals surface area contributed by atoms with Gasteiger partial charge in [0.2, 0.25) is 11.7 Å². The summed E-state index contributed by atoms with van der Waals surface area (Å²) in [6.45, 7) is 5.74. The van der Waals surface area contributed by atoms with Crippen LogP contribution in [0.5, 0.6) is 0 Å². The maximum atomic E-state index is 13.2. The topological polar surface area (TPSA) is 88.3 Å². The molecule has 0 aliphatic carbocycles. The van der Waals surface area contributed by atoms with Crippen molar-refractivity contribution < 1.29 is 14.1 Å². The van der Waals surface area contributed by atoms with E-state index >= 15 is 0 Å². The number of carbonyl (C=O) groups excluding carboxylic acids is 2. The second-order valence-electron chi connectivity index (χ2n) is 7.27. The molecule has 7 heteroatoms. The molecule has 0 radical (unpaired) electrons. The molecule has 0 saturated carbocycles. The minimum Gasteiger partial charge on any atom is -0.337 e. The van der Waals surface area contributed by atoms with Crippen LogP contribution in [-0.2, 0) is 16.9 Å². The molecule has 1 unspecified atom stereocenters. The minimum absolute atomic E-state index is 0.0723. The number of aryl methyl sites for hydroxylation is 2. The molecule has 1 saturated heterocycles. The fraction of sp³-hybridized carbons (Fsp3) is 0.273. The fourth-order valence-electron chi connectivity index (χ4n) is 3.63. The lowest BCUT2D eigenvalue weighted by molar-refractivity contribution is -0.132. The Morgan fingerprint density at radius 1 is 1.07 bits per heavy atom. The van der Waals surface area contributed by atoms with Crippen LogP contribution < -0.4 is 5.32 Å². The zero-order valence-electron chi connectivity index (χ0n) is 16.6. The first-order valence-electron chi connectivity index (χ1n) is 9.54. The average Bonchev–Trinajstić information content (AvgIpc) is 3.28. The van der Waals surface area contributed by atoms with Crippen molar-refractivity contribution in [1.82, 2.24) is 20.4 Å². The Kier molecular flexibility index (Phi) is 4.66. The molecule has 1 aromatic heterocycles. The van der Waals surface area contributed by atoms with Crippen molar-refractivity contribution in [1.29, 1.82) is 0 Å². The Morgan fingerprint density at radius 2 is 1.79 bits per heavy atom. The molecule has 1 aliphatic rings. The van der Waals surface area contributed by atoms with Gasteiger partial charge in [0.05, 0.1) is 0 Å². The van der Waals surface area contributed by atoms with Gasteiger partial charge in [0.15, 0.2) is 0 Å². The molecule has 148 valence electrons. The number of imide groups is 1. The molecular weight excluding hydrogens is 368 g/mol. The fourth-order valence-corrected chi connectivity index (χ4v) is 3.63. The van der Waals surface area contributed by atoms with Gasteiger partial charge in [0.25, 0.3) is 5.91 Å². The monoisotopic (exact) mass is 390 g/mol. The smallest absolute Gasteiger partial charge is 0.325 e. The largest absolute Gasteiger partial charge is 0.337 e. The van der Waals surface area contributed by atoms with Gasteiger partial charge in [-0.2, -0.15) is 4.98 Å². The standard InChI is InChI=1S/C22H22N4O3/c1-4-22(16-11-9-14(2)10-12-16)20(27)26(21(28)24-22)13-18-23-19(25-29-18)17-8-6-5-7-15(17)3/h5-12H,4,13H2,1-3H3,(H,24,28). The van der Waals surface area contributed by atoms with Gasteiger partial charge in [-0.15, -0.1) is 0 Å². The molecule has 1 fully saturated rings. The van der Waals surface area contributed by atoms with Crippen LogP contribution in [0.1, 0.15) is 35.9 Å². The summed E-state index contributed by atoms with van der Waals surface area (Å²) in [6, 6.07) is 14.8. The third kappa shape index (κ3) is 3.18. The maximum Gasteiger partial charge on any atom is 0.325 e. The second kappa shape index (κ2) is 7.16. The molecule has 0 spiro atoms. The highest BCUT2D eigenvalue weighted by Crippen LogP contribution is 2.33. The summed E-state index contributed by atoms with van der Waals surface area (Å²) in [4.78, 5) is 31.4. The number of aromatic nitrogens is 2. The third-order valence-corrected chi connectivity index (χ3v) is 5.40. The van der Waals surface area contributed by atoms with Crippen molar-refractivity contribution in [2.24, 2.45) is 0 Å². The van der Waals surface area contributed by atoms with Gasteiger partial charge in [-0.05, 0) is 31.4 Å². The number of rotatable bonds is 5. The number of urea groups is 1. The van der Waals surface area contributed by atoms with Crippen LogP contribution in [0, 0.1) is 13.8 Å². The SMILES string of the molecule is CCC1(c2ccc(C)cc2)NC(=O)N(Cc2nc(-c3ccccc3C)no2)C1=O. The lowest BCUT2D eigenvalue weighted by Crippen LogP contribution is -2.43. The van der Waals surface area contributed by atoms with E-state index in [2.05, 4.69) is 15.5 Å². The zero-order valence-corrected chi connectivity index (χ0v) is 16.6. The van der Waals surface area contributed by atoms with Crippen LogP contribution in [0.3, 0.4) is 0 Å². The summed E-state index contributed by atoms with van der Waals surface area (Å²) < 4.78 is 5.32. The molecule has 1 aliphatic heterocycles. The predicted octanol–water partition coefficient (Wildman–Crippen LogP) is 3.71. The van der Waals surface area contributed by atoms with Gasteiger partial charge in [0.1, 0.15) is 12.1 Å². The summed E-state index contributed by atoms with van der Waals surface area (Å²) in [5.74, 6) is 0.331. The van der Waals surface area contributed by atoms with Gasteiger partial charge >= 0.3 is 6.03 Å². The van der Waals surface area contributed by atoms with Crippen molar-refractivity contribution in [2.75, 3.05) is 0 Å². The Labute approximate surface area is 168 Å². The minimum atomic E-state index is -1.08. The van der Waals surface area contributed by atoms with E-state index in [1.165, 1.54) is 0 Å². The summed E-state index contributed by atoms with van der Waals surface area (Å²) in [5, 5.41) is 6.88. The van der Waals surface area contributed by atoms with Gasteiger partial charge in [0, 0.05) is 5.56 Å². The first-order valence-corrected chi connectivity index (χ1v) is 9.54. The van der Waals surface area contributed by atoms with E-state index in [1.807, 2.05) is 69.3 Å². The van der Waals surface area contributed by atoms with Crippen LogP contribution in [0.2, 0.25) is 0 Å². The maximum absolute atomic E-state index is 13.2. The highest BCUT2D eigenvalue weighted by molar-refractivity contribution is 6.07. The van der Waals surface area contributed by atoms with Crippen molar-refractivity contribution >= 4 is 11.9 Å². The van der Waals surface area contributed by atoms with Crippen LogP contribution in [0.4, 0.5) is 4.79 Å². The molecule has 0 bridgehead atoms. The lowest BCUT2D eigenvalue weighted by Gasteiger charge is -2.25. The molecule has 29 heavy (non-hydrogen) atoms. The number of nitrogens with one attached hydrogen (secondary N) is 1. The van der Waals surface area contributed by atoms with Crippen molar-refractivity contribution in [2.45, 2.75) is 39.3 Å². The second-order valence-corrected chi connectivity index (χ2v) is 7.27. The lowest BCUT2D eigenvalue weighted by atomic mass is 9.87. The summed E-state index contributed by atoms with van der Waals surface area (Å²) in [6.07, 6.45) is 0.440. The average molecular weight is 390 g/mol.